The second-order valence-corrected chi connectivity index (χ2v) is 12.5. The summed E-state index contributed by atoms with van der Waals surface area (Å²) < 4.78 is 12.4. The van der Waals surface area contributed by atoms with Gasteiger partial charge in [0, 0.05) is 63.9 Å². The second kappa shape index (κ2) is 14.5. The standard InChI is InChI=1S/C35H47N9O2/c1-25(16-17-42-18-20-43(21-19-42)27-12-14-28(15-13-27)46-23-22-45-3)29-24-30-31(41(2)32(29)36)34-39-33(40-44(34)35(37)38-30)26-10-8-6-4-5-7-9-11-26/h4,6,8,10-15,25,29,36H,5,7,9,16-24H2,1-3H3,(H2,37,38). The number of nitrogens with two attached hydrogens (primary N) is 1. The zero-order valence-electron chi connectivity index (χ0n) is 27.4. The van der Waals surface area contributed by atoms with Crippen molar-refractivity contribution in [3.05, 3.63) is 66.2 Å². The normalized spacial score (nSPS) is 19.8. The number of rotatable bonds is 10. The van der Waals surface area contributed by atoms with Crippen LogP contribution in [0.4, 0.5) is 17.3 Å². The van der Waals surface area contributed by atoms with Gasteiger partial charge in [0.05, 0.1) is 12.3 Å². The summed E-state index contributed by atoms with van der Waals surface area (Å²) in [6.45, 7) is 8.47. The van der Waals surface area contributed by atoms with E-state index in [4.69, 9.17) is 30.3 Å². The monoisotopic (exact) mass is 625 g/mol. The first-order chi connectivity index (χ1) is 22.4. The molecule has 2 aromatic heterocycles. The molecule has 0 amide bonds. The molecule has 3 N–H and O–H groups in total. The van der Waals surface area contributed by atoms with Gasteiger partial charge in [0.15, 0.2) is 11.5 Å². The van der Waals surface area contributed by atoms with Crippen molar-refractivity contribution in [2.24, 2.45) is 11.8 Å². The van der Waals surface area contributed by atoms with Gasteiger partial charge in [-0.15, -0.1) is 5.10 Å². The number of ether oxygens (including phenoxy) is 2. The molecular weight excluding hydrogens is 578 g/mol. The molecule has 1 saturated heterocycles. The van der Waals surface area contributed by atoms with Crippen LogP contribution in [-0.2, 0) is 11.2 Å². The number of amidine groups is 1. The zero-order valence-corrected chi connectivity index (χ0v) is 27.4. The molecule has 2 aliphatic heterocycles. The van der Waals surface area contributed by atoms with Crippen LogP contribution in [-0.4, -0.2) is 90.4 Å². The Morgan fingerprint density at radius 2 is 1.85 bits per heavy atom. The lowest BCUT2D eigenvalue weighted by Crippen LogP contribution is -2.47. The summed E-state index contributed by atoms with van der Waals surface area (Å²) in [5.74, 6) is 2.82. The largest absolute Gasteiger partial charge is 0.491 e. The van der Waals surface area contributed by atoms with Crippen molar-refractivity contribution in [2.45, 2.75) is 39.0 Å². The Hall–Kier alpha value is -4.22. The molecule has 0 saturated carbocycles. The van der Waals surface area contributed by atoms with Gasteiger partial charge in [-0.05, 0) is 62.4 Å². The van der Waals surface area contributed by atoms with Crippen LogP contribution in [0.25, 0.3) is 11.2 Å². The Kier molecular flexibility index (Phi) is 9.99. The molecule has 0 bridgehead atoms. The Morgan fingerprint density at radius 1 is 1.04 bits per heavy atom. The third-order valence-electron chi connectivity index (χ3n) is 9.46. The fraction of sp³-hybridized carbons (Fsp3) is 0.486. The van der Waals surface area contributed by atoms with E-state index >= 15 is 0 Å². The lowest BCUT2D eigenvalue weighted by molar-refractivity contribution is 0.146. The van der Waals surface area contributed by atoms with Crippen molar-refractivity contribution in [1.82, 2.24) is 24.5 Å². The van der Waals surface area contributed by atoms with Gasteiger partial charge in [-0.3, -0.25) is 10.3 Å². The number of fused-ring (bicyclic) bond motifs is 3. The van der Waals surface area contributed by atoms with Crippen LogP contribution in [0.15, 0.2) is 54.6 Å². The Balaban J connectivity index is 1.07. The molecule has 0 radical (unpaired) electrons. The van der Waals surface area contributed by atoms with Gasteiger partial charge in [0.25, 0.3) is 0 Å². The summed E-state index contributed by atoms with van der Waals surface area (Å²) in [7, 11) is 3.63. The van der Waals surface area contributed by atoms with Gasteiger partial charge >= 0.3 is 0 Å². The predicted molar refractivity (Wildman–Crippen MR) is 185 cm³/mol. The Labute approximate surface area is 271 Å². The molecule has 0 spiro atoms. The van der Waals surface area contributed by atoms with Crippen LogP contribution in [0, 0.1) is 17.2 Å². The molecule has 2 unspecified atom stereocenters. The molecular formula is C35H47N9O2. The Morgan fingerprint density at radius 3 is 2.63 bits per heavy atom. The van der Waals surface area contributed by atoms with Crippen molar-refractivity contribution < 1.29 is 9.47 Å². The fourth-order valence-electron chi connectivity index (χ4n) is 6.62. The van der Waals surface area contributed by atoms with E-state index in [9.17, 15) is 5.41 Å². The summed E-state index contributed by atoms with van der Waals surface area (Å²) in [4.78, 5) is 16.7. The van der Waals surface area contributed by atoms with Crippen LogP contribution in [0.2, 0.25) is 0 Å². The van der Waals surface area contributed by atoms with E-state index in [1.54, 1.807) is 11.6 Å². The number of benzene rings is 1. The van der Waals surface area contributed by atoms with Gasteiger partial charge < -0.3 is 25.0 Å². The molecule has 3 aliphatic rings. The highest BCUT2D eigenvalue weighted by Crippen LogP contribution is 2.37. The number of anilines is 3. The highest BCUT2D eigenvalue weighted by molar-refractivity contribution is 6.02. The van der Waals surface area contributed by atoms with Crippen molar-refractivity contribution >= 4 is 34.4 Å². The molecule has 1 fully saturated rings. The number of piperazine rings is 1. The van der Waals surface area contributed by atoms with Gasteiger partial charge in [-0.2, -0.15) is 4.52 Å². The topological polar surface area (TPSA) is 121 Å². The highest BCUT2D eigenvalue weighted by Gasteiger charge is 2.35. The van der Waals surface area contributed by atoms with E-state index in [-0.39, 0.29) is 5.92 Å². The third-order valence-corrected chi connectivity index (χ3v) is 9.46. The average Bonchev–Trinajstić information content (AvgIpc) is 3.56. The number of nitrogen functional groups attached to an aromatic ring is 1. The number of hydrogen-bond acceptors (Lipinski definition) is 9. The molecule has 244 valence electrons. The third kappa shape index (κ3) is 6.95. The SMILES string of the molecule is COCCOc1ccc(N2CCN(CCC(C)C3Cc4nc(N)n5nc(C6=CCCCC=CC=C6)nc5c4N(C)C3=N)CC2)cc1. The lowest BCUT2D eigenvalue weighted by Gasteiger charge is -2.38. The smallest absolute Gasteiger partial charge is 0.223 e. The van der Waals surface area contributed by atoms with Crippen molar-refractivity contribution in [3.63, 3.8) is 0 Å². The molecule has 6 rings (SSSR count). The minimum absolute atomic E-state index is 0.0620. The van der Waals surface area contributed by atoms with E-state index in [0.29, 0.717) is 48.8 Å². The summed E-state index contributed by atoms with van der Waals surface area (Å²) in [6, 6.07) is 8.36. The minimum Gasteiger partial charge on any atom is -0.491 e. The van der Waals surface area contributed by atoms with E-state index in [1.807, 2.05) is 30.2 Å². The van der Waals surface area contributed by atoms with Crippen LogP contribution in [0.1, 0.15) is 44.1 Å². The first-order valence-electron chi connectivity index (χ1n) is 16.5. The highest BCUT2D eigenvalue weighted by atomic mass is 16.5. The van der Waals surface area contributed by atoms with Crippen molar-refractivity contribution in [3.8, 4) is 5.75 Å². The number of methoxy groups -OCH3 is 1. The van der Waals surface area contributed by atoms with Crippen molar-refractivity contribution in [2.75, 3.05) is 75.6 Å². The summed E-state index contributed by atoms with van der Waals surface area (Å²) in [5.41, 5.74) is 11.0. The maximum Gasteiger partial charge on any atom is 0.223 e. The quantitative estimate of drug-likeness (QED) is 0.305. The number of hydrogen-bond donors (Lipinski definition) is 2. The molecule has 46 heavy (non-hydrogen) atoms. The van der Waals surface area contributed by atoms with Crippen molar-refractivity contribution in [1.29, 1.82) is 5.41 Å². The van der Waals surface area contributed by atoms with Crippen LogP contribution in [0.5, 0.6) is 5.75 Å². The molecule has 11 heteroatoms. The Bertz CT molecular complexity index is 1600. The maximum atomic E-state index is 9.17. The number of allylic oxidation sites excluding steroid dienone is 6. The molecule has 11 nitrogen and oxygen atoms in total. The van der Waals surface area contributed by atoms with Gasteiger partial charge in [0.2, 0.25) is 5.95 Å². The summed E-state index contributed by atoms with van der Waals surface area (Å²) in [5, 5.41) is 13.9. The predicted octanol–water partition coefficient (Wildman–Crippen LogP) is 4.85. The number of aromatic nitrogens is 4. The van der Waals surface area contributed by atoms with Gasteiger partial charge in [-0.25, -0.2) is 9.97 Å². The van der Waals surface area contributed by atoms with Gasteiger partial charge in [0.1, 0.15) is 23.9 Å². The minimum atomic E-state index is 0.0620. The maximum absolute atomic E-state index is 9.17. The first kappa shape index (κ1) is 31.7. The lowest BCUT2D eigenvalue weighted by atomic mass is 9.83. The summed E-state index contributed by atoms with van der Waals surface area (Å²) in [6.07, 6.45) is 15.3. The average molecular weight is 626 g/mol. The van der Waals surface area contributed by atoms with Crippen LogP contribution < -0.4 is 20.3 Å². The zero-order chi connectivity index (χ0) is 32.0. The summed E-state index contributed by atoms with van der Waals surface area (Å²) >= 11 is 0. The van der Waals surface area contributed by atoms with Gasteiger partial charge in [-0.1, -0.05) is 37.3 Å². The second-order valence-electron chi connectivity index (χ2n) is 12.5. The van der Waals surface area contributed by atoms with E-state index < -0.39 is 0 Å². The van der Waals surface area contributed by atoms with E-state index in [0.717, 1.165) is 81.1 Å². The number of nitrogens with zero attached hydrogens (tertiary/aromatic N) is 7. The first-order valence-corrected chi connectivity index (χ1v) is 16.5. The molecule has 4 heterocycles. The van der Waals surface area contributed by atoms with E-state index in [2.05, 4.69) is 53.2 Å². The molecule has 3 aromatic rings. The van der Waals surface area contributed by atoms with Crippen LogP contribution in [0.3, 0.4) is 0 Å². The fourth-order valence-corrected chi connectivity index (χ4v) is 6.62. The molecule has 1 aromatic carbocycles. The molecule has 1 aliphatic carbocycles. The van der Waals surface area contributed by atoms with Crippen LogP contribution >= 0.6 is 0 Å². The molecule has 2 atom stereocenters. The number of nitrogens with one attached hydrogen (secondary N) is 1. The van der Waals surface area contributed by atoms with E-state index in [1.165, 1.54) is 5.69 Å².